The van der Waals surface area contributed by atoms with E-state index in [-0.39, 0.29) is 12.4 Å². The van der Waals surface area contributed by atoms with Crippen LogP contribution < -0.4 is 33.9 Å². The van der Waals surface area contributed by atoms with Crippen LogP contribution in [-0.4, -0.2) is 137 Å². The summed E-state index contributed by atoms with van der Waals surface area (Å²) >= 11 is 0. The number of carbonyl (C=O) groups excluding carboxylic acids is 3. The van der Waals surface area contributed by atoms with Gasteiger partial charge < -0.3 is 54.7 Å². The second kappa shape index (κ2) is 21.1. The lowest BCUT2D eigenvalue weighted by molar-refractivity contribution is -0.166. The Kier molecular flexibility index (Phi) is 16.0. The minimum absolute atomic E-state index is 0.0537. The van der Waals surface area contributed by atoms with Gasteiger partial charge in [0.1, 0.15) is 54.9 Å². The number of aliphatic hydroxyl groups is 3. The van der Waals surface area contributed by atoms with Crippen molar-refractivity contribution in [3.8, 4) is 0 Å². The molecule has 7 rings (SSSR count). The second-order valence-corrected chi connectivity index (χ2v) is 12.3. The molecule has 0 bridgehead atoms. The van der Waals surface area contributed by atoms with E-state index >= 15 is 0 Å². The molecule has 0 radical (unpaired) electrons. The number of aliphatic hydroxyl groups excluding tert-OH is 3. The monoisotopic (exact) mass is 864 g/mol. The summed E-state index contributed by atoms with van der Waals surface area (Å²) in [7, 11) is 0. The highest BCUT2D eigenvalue weighted by Gasteiger charge is 2.51. The summed E-state index contributed by atoms with van der Waals surface area (Å²) in [6.07, 6.45) is -1.73. The SMILES string of the molecule is CC(=O)OC[C@H]1O[C@@H](n2ncc(=O)[nH]c2=O)[C@H](OC(C)=O)[C@@H]1OC(C)=O.Nc1ccn([C@@H]2O[C@H](CO)[C@@H](O)[C@@H]2O)c(=O)n1.O=c1[nH]cc(F)c(=O)[nH]1.c1ncc2[nH]cnc2n1. The summed E-state index contributed by atoms with van der Waals surface area (Å²) in [5, 5.41) is 31.8. The van der Waals surface area contributed by atoms with Gasteiger partial charge in [-0.2, -0.15) is 19.2 Å². The number of carbonyl (C=O) groups is 3. The number of anilines is 1. The third-order valence-corrected chi connectivity index (χ3v) is 7.83. The van der Waals surface area contributed by atoms with Crippen LogP contribution in [0.5, 0.6) is 0 Å². The highest BCUT2D eigenvalue weighted by molar-refractivity contribution is 5.68. The molecular weight excluding hydrogens is 827 g/mol. The minimum atomic E-state index is -1.31. The number of esters is 3. The molecule has 61 heavy (non-hydrogen) atoms. The van der Waals surface area contributed by atoms with E-state index in [9.17, 15) is 53.0 Å². The third-order valence-electron chi connectivity index (χ3n) is 7.83. The van der Waals surface area contributed by atoms with Crippen molar-refractivity contribution in [3.63, 3.8) is 0 Å². The standard InChI is InChI=1S/C14H17N3O9.C9H13N3O5.C5H4N4.C4H3FN2O2/c1-6(18)23-5-9-11(24-7(2)19)12(25-8(3)20)13(26-9)17-14(22)16-10(21)4-15-17;10-5-1-2-12(9(16)11-5)8-7(15)6(14)4(3-13)17-8;1-4-5(8-2-6-1)9-3-7-4;5-2-1-6-4(9)7-3(2)8/h4,9,11-13H,5H2,1-3H3,(H,16,21,22);1-2,4,6-8,13-15H,3H2,(H2,10,11,16);1-3H,(H,6,7,8,9);1H,(H2,6,7,8,9)/t9-,11-,12-,13-;4-,6-,7+,8-;;/m11../s1. The molecule has 5 aromatic rings. The zero-order valence-corrected chi connectivity index (χ0v) is 31.8. The van der Waals surface area contributed by atoms with E-state index in [4.69, 9.17) is 34.5 Å². The lowest BCUT2D eigenvalue weighted by Crippen LogP contribution is -2.43. The fraction of sp³-hybridized carbons (Fsp3) is 0.406. The normalized spacial score (nSPS) is 22.6. The molecule has 28 nitrogen and oxygen atoms in total. The topological polar surface area (TPSA) is 407 Å². The molecule has 9 N–H and O–H groups in total. The van der Waals surface area contributed by atoms with Crippen LogP contribution in [0.1, 0.15) is 33.2 Å². The summed E-state index contributed by atoms with van der Waals surface area (Å²) in [6.45, 7) is 2.64. The molecule has 2 aliphatic rings. The molecular formula is C32H37FN12O16. The van der Waals surface area contributed by atoms with E-state index < -0.39 is 108 Å². The Morgan fingerprint density at radius 3 is 2.16 bits per heavy atom. The number of nitrogens with zero attached hydrogens (tertiary/aromatic N) is 7. The maximum absolute atomic E-state index is 12.0. The number of nitrogen functional groups attached to an aromatic ring is 1. The zero-order valence-electron chi connectivity index (χ0n) is 31.8. The van der Waals surface area contributed by atoms with Crippen molar-refractivity contribution >= 4 is 34.9 Å². The summed E-state index contributed by atoms with van der Waals surface area (Å²) in [5.74, 6) is -2.98. The average Bonchev–Trinajstić information content (AvgIpc) is 3.88. The van der Waals surface area contributed by atoms with Crippen LogP contribution in [0.3, 0.4) is 0 Å². The number of nitrogens with one attached hydrogen (secondary N) is 4. The molecule has 0 amide bonds. The molecule has 0 aliphatic carbocycles. The fourth-order valence-corrected chi connectivity index (χ4v) is 5.25. The Balaban J connectivity index is 0.000000198. The van der Waals surface area contributed by atoms with Crippen LogP contribution >= 0.6 is 0 Å². The van der Waals surface area contributed by atoms with Crippen LogP contribution in [0.4, 0.5) is 10.2 Å². The van der Waals surface area contributed by atoms with E-state index in [2.05, 4.69) is 30.0 Å². The predicted molar refractivity (Wildman–Crippen MR) is 196 cm³/mol. The second-order valence-electron chi connectivity index (χ2n) is 12.3. The third kappa shape index (κ3) is 12.6. The molecule has 29 heteroatoms. The van der Waals surface area contributed by atoms with Crippen LogP contribution in [0.2, 0.25) is 0 Å². The van der Waals surface area contributed by atoms with Crippen molar-refractivity contribution in [2.75, 3.05) is 18.9 Å². The predicted octanol–water partition coefficient (Wildman–Crippen LogP) is -4.75. The Bertz CT molecular complexity index is 2560. The van der Waals surface area contributed by atoms with Crippen LogP contribution in [0.25, 0.3) is 11.2 Å². The Morgan fingerprint density at radius 1 is 0.902 bits per heavy atom. The molecule has 0 unspecified atom stereocenters. The number of hydrogen-bond acceptors (Lipinski definition) is 22. The Labute approximate surface area is 337 Å². The van der Waals surface area contributed by atoms with E-state index in [1.54, 1.807) is 17.5 Å². The first-order valence-electron chi connectivity index (χ1n) is 17.2. The number of aromatic amines is 4. The number of H-pyrrole nitrogens is 4. The number of fused-ring (bicyclic) bond motifs is 1. The van der Waals surface area contributed by atoms with Gasteiger partial charge in [0.05, 0.1) is 19.1 Å². The maximum atomic E-state index is 12.0. The molecule has 2 saturated heterocycles. The van der Waals surface area contributed by atoms with Gasteiger partial charge in [0, 0.05) is 33.2 Å². The van der Waals surface area contributed by atoms with Crippen molar-refractivity contribution in [2.24, 2.45) is 0 Å². The maximum Gasteiger partial charge on any atom is 0.351 e. The van der Waals surface area contributed by atoms with E-state index in [1.165, 1.54) is 25.5 Å². The minimum Gasteiger partial charge on any atom is -0.463 e. The van der Waals surface area contributed by atoms with Crippen molar-refractivity contribution in [3.05, 3.63) is 101 Å². The highest BCUT2D eigenvalue weighted by Crippen LogP contribution is 2.33. The van der Waals surface area contributed by atoms with Gasteiger partial charge in [-0.05, 0) is 6.07 Å². The number of aromatic nitrogens is 11. The molecule has 328 valence electrons. The zero-order chi connectivity index (χ0) is 45.0. The van der Waals surface area contributed by atoms with Crippen molar-refractivity contribution in [1.82, 2.24) is 54.2 Å². The fourth-order valence-electron chi connectivity index (χ4n) is 5.25. The van der Waals surface area contributed by atoms with Gasteiger partial charge in [0.25, 0.3) is 11.1 Å². The van der Waals surface area contributed by atoms with Gasteiger partial charge in [-0.25, -0.2) is 29.3 Å². The van der Waals surface area contributed by atoms with Gasteiger partial charge in [-0.15, -0.1) is 0 Å². The molecule has 2 aliphatic heterocycles. The molecule has 8 atom stereocenters. The van der Waals surface area contributed by atoms with Crippen molar-refractivity contribution in [2.45, 2.75) is 69.9 Å². The Morgan fingerprint density at radius 2 is 1.59 bits per heavy atom. The highest BCUT2D eigenvalue weighted by atomic mass is 19.1. The van der Waals surface area contributed by atoms with Gasteiger partial charge in [0.2, 0.25) is 5.82 Å². The van der Waals surface area contributed by atoms with E-state index in [0.29, 0.717) is 11.8 Å². The number of halogens is 1. The van der Waals surface area contributed by atoms with E-state index in [1.807, 2.05) is 9.97 Å². The lowest BCUT2D eigenvalue weighted by atomic mass is 10.1. The average molecular weight is 865 g/mol. The van der Waals surface area contributed by atoms with Gasteiger partial charge in [-0.1, -0.05) is 0 Å². The van der Waals surface area contributed by atoms with Gasteiger partial charge in [0.15, 0.2) is 30.3 Å². The number of nitrogens with two attached hydrogens (primary N) is 1. The summed E-state index contributed by atoms with van der Waals surface area (Å²) < 4.78 is 39.6. The lowest BCUT2D eigenvalue weighted by Gasteiger charge is -2.23. The molecule has 7 heterocycles. The molecule has 0 saturated carbocycles. The van der Waals surface area contributed by atoms with Crippen LogP contribution in [0, 0.1) is 5.82 Å². The molecule has 0 spiro atoms. The number of imidazole rings is 1. The Hall–Kier alpha value is -7.34. The van der Waals surface area contributed by atoms with Crippen LogP contribution in [0.15, 0.2) is 67.5 Å². The summed E-state index contributed by atoms with van der Waals surface area (Å²) in [6, 6.07) is 1.37. The summed E-state index contributed by atoms with van der Waals surface area (Å²) in [4.78, 5) is 113. The largest absolute Gasteiger partial charge is 0.463 e. The quantitative estimate of drug-likeness (QED) is 0.0562. The molecule has 5 aromatic heterocycles. The molecule has 0 aromatic carbocycles. The molecule has 2 fully saturated rings. The summed E-state index contributed by atoms with van der Waals surface area (Å²) in [5.41, 5.74) is 2.85. The number of ether oxygens (including phenoxy) is 5. The van der Waals surface area contributed by atoms with Gasteiger partial charge >= 0.3 is 35.0 Å². The van der Waals surface area contributed by atoms with Crippen molar-refractivity contribution < 1.29 is 57.8 Å². The smallest absolute Gasteiger partial charge is 0.351 e. The van der Waals surface area contributed by atoms with Gasteiger partial charge in [-0.3, -0.25) is 38.5 Å². The first-order chi connectivity index (χ1) is 28.9. The first-order valence-corrected chi connectivity index (χ1v) is 17.2. The first kappa shape index (κ1) is 46.4. The van der Waals surface area contributed by atoms with Crippen molar-refractivity contribution in [1.29, 1.82) is 0 Å². The number of rotatable bonds is 7. The van der Waals surface area contributed by atoms with E-state index in [0.717, 1.165) is 34.8 Å². The van der Waals surface area contributed by atoms with Crippen LogP contribution in [-0.2, 0) is 38.1 Å². The number of hydrogen-bond donors (Lipinski definition) is 8.